The summed E-state index contributed by atoms with van der Waals surface area (Å²) in [5.74, 6) is -44.4. The maximum atomic E-state index is 14.4. The van der Waals surface area contributed by atoms with Crippen LogP contribution in [0, 0.1) is 87.3 Å². The molecule has 3 rings (SSSR count). The van der Waals surface area contributed by atoms with Gasteiger partial charge in [0.2, 0.25) is 0 Å². The Morgan fingerprint density at radius 2 is 0.324 bits per heavy atom. The summed E-state index contributed by atoms with van der Waals surface area (Å²) < 4.78 is 202. The Balaban J connectivity index is 2.68. The first kappa shape index (κ1) is 26.0. The van der Waals surface area contributed by atoms with Crippen molar-refractivity contribution >= 4 is 30.4 Å². The molecule has 3 aromatic carbocycles. The van der Waals surface area contributed by atoms with Crippen LogP contribution in [-0.4, -0.2) is 19.6 Å². The van der Waals surface area contributed by atoms with Crippen molar-refractivity contribution in [1.29, 1.82) is 0 Å². The summed E-state index contributed by atoms with van der Waals surface area (Å²) in [7, 11) is 0. The zero-order chi connectivity index (χ0) is 26.0. The molecule has 184 valence electrons. The van der Waals surface area contributed by atoms with Crippen molar-refractivity contribution in [2.24, 2.45) is 0 Å². The van der Waals surface area contributed by atoms with E-state index in [1.54, 1.807) is 0 Å². The predicted molar refractivity (Wildman–Crippen MR) is 84.7 cm³/mol. The second kappa shape index (κ2) is 8.88. The minimum absolute atomic E-state index is 2.49. The normalized spacial score (nSPS) is 11.9. The van der Waals surface area contributed by atoms with E-state index in [1.165, 1.54) is 0 Å². The molecular formula is C18HF15Te. The van der Waals surface area contributed by atoms with Gasteiger partial charge >= 0.3 is 184 Å². The maximum absolute atomic E-state index is 14.4. The molecule has 0 unspecified atom stereocenters. The molecule has 0 spiro atoms. The summed E-state index contributed by atoms with van der Waals surface area (Å²) in [5, 5.41) is 0. The van der Waals surface area contributed by atoms with Crippen molar-refractivity contribution in [3.05, 3.63) is 87.3 Å². The topological polar surface area (TPSA) is 0 Å². The van der Waals surface area contributed by atoms with Crippen LogP contribution >= 0.6 is 0 Å². The SMILES string of the molecule is Fc1c(F)c(F)c([TeH](c2c(F)c(F)c(F)c(F)c2F)c2c(F)c(F)c(F)c(F)c2F)c(F)c1F. The van der Waals surface area contributed by atoms with Crippen molar-refractivity contribution in [2.45, 2.75) is 0 Å². The number of halogens is 15. The van der Waals surface area contributed by atoms with E-state index in [4.69, 9.17) is 0 Å². The number of rotatable bonds is 3. The third-order valence-electron chi connectivity index (χ3n) is 4.23. The van der Waals surface area contributed by atoms with E-state index in [0.717, 1.165) is 0 Å². The molecule has 0 atom stereocenters. The van der Waals surface area contributed by atoms with Gasteiger partial charge in [-0.05, 0) is 0 Å². The molecule has 3 aromatic rings. The van der Waals surface area contributed by atoms with Gasteiger partial charge in [0.05, 0.1) is 0 Å². The van der Waals surface area contributed by atoms with Crippen LogP contribution in [0.3, 0.4) is 0 Å². The van der Waals surface area contributed by atoms with Crippen molar-refractivity contribution in [3.63, 3.8) is 0 Å². The molecule has 0 aliphatic rings. The van der Waals surface area contributed by atoms with Crippen molar-refractivity contribution < 1.29 is 65.9 Å². The second-order valence-electron chi connectivity index (χ2n) is 6.09. The van der Waals surface area contributed by atoms with Gasteiger partial charge in [0, 0.05) is 0 Å². The average Bonchev–Trinajstić information content (AvgIpc) is 2.81. The third-order valence-corrected chi connectivity index (χ3v) is 11.4. The van der Waals surface area contributed by atoms with E-state index < -0.39 is 118 Å². The summed E-state index contributed by atoms with van der Waals surface area (Å²) in [6.45, 7) is 0. The third kappa shape index (κ3) is 3.58. The van der Waals surface area contributed by atoms with E-state index >= 15 is 0 Å². The van der Waals surface area contributed by atoms with Gasteiger partial charge in [0.25, 0.3) is 0 Å². The summed E-state index contributed by atoms with van der Waals surface area (Å²) in [5.41, 5.74) is 0. The number of benzene rings is 3. The van der Waals surface area contributed by atoms with Gasteiger partial charge < -0.3 is 0 Å². The Labute approximate surface area is 183 Å². The Morgan fingerprint density at radius 1 is 0.206 bits per heavy atom. The summed E-state index contributed by atoms with van der Waals surface area (Å²) >= 11 is -6.61. The molecule has 0 aromatic heterocycles. The Morgan fingerprint density at radius 3 is 0.471 bits per heavy atom. The van der Waals surface area contributed by atoms with E-state index in [2.05, 4.69) is 0 Å². The molecule has 0 N–H and O–H groups in total. The molecule has 0 fully saturated rings. The molecule has 34 heavy (non-hydrogen) atoms. The van der Waals surface area contributed by atoms with Gasteiger partial charge in [-0.25, -0.2) is 0 Å². The number of hydrogen-bond acceptors (Lipinski definition) is 0. The van der Waals surface area contributed by atoms with Crippen LogP contribution in [0.5, 0.6) is 0 Å². The summed E-state index contributed by atoms with van der Waals surface area (Å²) in [4.78, 5) is 0. The fourth-order valence-electron chi connectivity index (χ4n) is 2.70. The van der Waals surface area contributed by atoms with Crippen molar-refractivity contribution in [2.75, 3.05) is 0 Å². The molecular weight excluding hydrogens is 629 g/mol. The molecule has 0 heterocycles. The van der Waals surface area contributed by atoms with E-state index in [-0.39, 0.29) is 0 Å². The first-order valence-electron chi connectivity index (χ1n) is 8.01. The average molecular weight is 630 g/mol. The number of hydrogen-bond donors (Lipinski definition) is 0. The van der Waals surface area contributed by atoms with Gasteiger partial charge in [-0.2, -0.15) is 0 Å². The second-order valence-corrected chi connectivity index (χ2v) is 11.8. The van der Waals surface area contributed by atoms with Crippen molar-refractivity contribution in [1.82, 2.24) is 0 Å². The monoisotopic (exact) mass is 632 g/mol. The molecule has 0 radical (unpaired) electrons. The fraction of sp³-hybridized carbons (Fsp3) is 0. The van der Waals surface area contributed by atoms with E-state index in [1.807, 2.05) is 0 Å². The molecule has 0 bridgehead atoms. The van der Waals surface area contributed by atoms with Gasteiger partial charge in [0.1, 0.15) is 0 Å². The van der Waals surface area contributed by atoms with Crippen LogP contribution in [0.2, 0.25) is 0 Å². The molecule has 0 nitrogen and oxygen atoms in total. The van der Waals surface area contributed by atoms with Gasteiger partial charge in [-0.15, -0.1) is 0 Å². The van der Waals surface area contributed by atoms with Crippen LogP contribution < -0.4 is 10.8 Å². The first-order chi connectivity index (χ1) is 15.7. The Kier molecular flexibility index (Phi) is 6.79. The molecule has 0 saturated carbocycles. The van der Waals surface area contributed by atoms with Gasteiger partial charge in [-0.1, -0.05) is 0 Å². The standard InChI is InChI=1S/C18HF15Te/c19-1-4(22)10(28)16(11(29)5(1)23)34(17-12(30)6(24)2(20)7(25)13(17)31)18-14(32)8(26)3(21)9(27)15(18)33/h34H. The summed E-state index contributed by atoms with van der Waals surface area (Å²) in [6.07, 6.45) is 0. The van der Waals surface area contributed by atoms with Crippen LogP contribution in [0.1, 0.15) is 0 Å². The molecule has 0 aliphatic heterocycles. The molecule has 0 aliphatic carbocycles. The molecule has 16 heteroatoms. The van der Waals surface area contributed by atoms with Crippen LogP contribution in [-0.2, 0) is 0 Å². The summed E-state index contributed by atoms with van der Waals surface area (Å²) in [6, 6.07) is 0. The van der Waals surface area contributed by atoms with Crippen LogP contribution in [0.15, 0.2) is 0 Å². The zero-order valence-corrected chi connectivity index (χ0v) is 17.7. The molecule has 0 saturated heterocycles. The van der Waals surface area contributed by atoms with Crippen molar-refractivity contribution in [3.8, 4) is 0 Å². The minimum atomic E-state index is -6.61. The Hall–Kier alpha value is -2.60. The Bertz CT molecular complexity index is 1110. The van der Waals surface area contributed by atoms with Crippen LogP contribution in [0.4, 0.5) is 65.9 Å². The van der Waals surface area contributed by atoms with Gasteiger partial charge in [0.15, 0.2) is 0 Å². The first-order valence-corrected chi connectivity index (χ1v) is 11.8. The quantitative estimate of drug-likeness (QED) is 0.178. The zero-order valence-electron chi connectivity index (χ0n) is 15.1. The fourth-order valence-corrected chi connectivity index (χ4v) is 9.66. The van der Waals surface area contributed by atoms with E-state index in [9.17, 15) is 65.9 Å². The van der Waals surface area contributed by atoms with Crippen LogP contribution in [0.25, 0.3) is 0 Å². The van der Waals surface area contributed by atoms with E-state index in [0.29, 0.717) is 0 Å². The predicted octanol–water partition coefficient (Wildman–Crippen LogP) is 4.02. The molecule has 0 amide bonds. The van der Waals surface area contributed by atoms with Gasteiger partial charge in [-0.3, -0.25) is 0 Å².